The number of ether oxygens (including phenoxy) is 5. The van der Waals surface area contributed by atoms with Crippen molar-refractivity contribution in [1.82, 2.24) is 0 Å². The summed E-state index contributed by atoms with van der Waals surface area (Å²) in [5.41, 5.74) is 7.61. The van der Waals surface area contributed by atoms with Crippen molar-refractivity contribution in [2.24, 2.45) is 11.1 Å². The summed E-state index contributed by atoms with van der Waals surface area (Å²) < 4.78 is 28.3. The number of anilines is 1. The van der Waals surface area contributed by atoms with Gasteiger partial charge in [0.05, 0.1) is 39.5 Å². The molecule has 0 bridgehead atoms. The van der Waals surface area contributed by atoms with Crippen LogP contribution in [0.25, 0.3) is 0 Å². The second kappa shape index (κ2) is 15.6. The van der Waals surface area contributed by atoms with Gasteiger partial charge in [-0.2, -0.15) is 0 Å². The molecule has 0 spiro atoms. The van der Waals surface area contributed by atoms with Crippen molar-refractivity contribution in [2.75, 3.05) is 46.0 Å². The molecule has 3 N–H and O–H groups in total. The fourth-order valence-electron chi connectivity index (χ4n) is 5.33. The van der Waals surface area contributed by atoms with Crippen LogP contribution in [0.2, 0.25) is 5.02 Å². The third-order valence-electron chi connectivity index (χ3n) is 7.89. The third kappa shape index (κ3) is 8.41. The molecule has 1 unspecified atom stereocenters. The van der Waals surface area contributed by atoms with E-state index in [9.17, 15) is 19.5 Å². The molecular weight excluding hydrogens is 628 g/mol. The Morgan fingerprint density at radius 2 is 1.79 bits per heavy atom. The summed E-state index contributed by atoms with van der Waals surface area (Å²) in [5, 5.41) is 10.5. The molecule has 47 heavy (non-hydrogen) atoms. The monoisotopic (exact) mass is 668 g/mol. The summed E-state index contributed by atoms with van der Waals surface area (Å²) >= 11 is 6.49. The number of aliphatic hydroxyl groups excluding tert-OH is 1. The molecule has 3 aromatic rings. The van der Waals surface area contributed by atoms with E-state index in [4.69, 9.17) is 41.0 Å². The molecule has 1 aliphatic heterocycles. The number of carbonyl (C=O) groups excluding carboxylic acids is 3. The van der Waals surface area contributed by atoms with Crippen molar-refractivity contribution in [3.8, 4) is 17.2 Å². The maximum absolute atomic E-state index is 14.3. The lowest BCUT2D eigenvalue weighted by Gasteiger charge is -2.32. The lowest BCUT2D eigenvalue weighted by Crippen LogP contribution is -2.47. The van der Waals surface area contributed by atoms with Crippen molar-refractivity contribution in [3.05, 3.63) is 82.4 Å². The van der Waals surface area contributed by atoms with Crippen LogP contribution >= 0.6 is 11.6 Å². The van der Waals surface area contributed by atoms with Gasteiger partial charge in [-0.05, 0) is 42.5 Å². The minimum atomic E-state index is -1.24. The van der Waals surface area contributed by atoms with Crippen molar-refractivity contribution >= 4 is 34.9 Å². The normalized spacial score (nSPS) is 16.9. The summed E-state index contributed by atoms with van der Waals surface area (Å²) in [7, 11) is 4.32. The average Bonchev–Trinajstić information content (AvgIpc) is 3.17. The summed E-state index contributed by atoms with van der Waals surface area (Å²) in [6, 6.07) is 15.9. The van der Waals surface area contributed by atoms with Crippen LogP contribution in [0.1, 0.15) is 54.3 Å². The van der Waals surface area contributed by atoms with Gasteiger partial charge in [0.15, 0.2) is 17.3 Å². The Kier molecular flexibility index (Phi) is 11.9. The number of nitrogens with zero attached hydrogens (tertiary/aromatic N) is 1. The first-order valence-corrected chi connectivity index (χ1v) is 15.5. The highest BCUT2D eigenvalue weighted by Crippen LogP contribution is 2.45. The Morgan fingerprint density at radius 3 is 2.47 bits per heavy atom. The summed E-state index contributed by atoms with van der Waals surface area (Å²) in [5.74, 6) is -0.0899. The van der Waals surface area contributed by atoms with Crippen molar-refractivity contribution < 1.29 is 43.2 Å². The van der Waals surface area contributed by atoms with Gasteiger partial charge in [0.1, 0.15) is 18.0 Å². The highest BCUT2D eigenvalue weighted by atomic mass is 35.5. The van der Waals surface area contributed by atoms with Gasteiger partial charge in [-0.25, -0.2) is 4.79 Å². The Labute approximate surface area is 279 Å². The molecule has 12 heteroatoms. The number of para-hydroxylation sites is 1. The van der Waals surface area contributed by atoms with E-state index in [0.717, 1.165) is 0 Å². The van der Waals surface area contributed by atoms with Gasteiger partial charge in [0, 0.05) is 53.2 Å². The second-order valence-electron chi connectivity index (χ2n) is 12.0. The number of halogens is 1. The number of hydrogen-bond donors (Lipinski definition) is 2. The Bertz CT molecular complexity index is 1590. The van der Waals surface area contributed by atoms with Crippen LogP contribution in [0.3, 0.4) is 0 Å². The van der Waals surface area contributed by atoms with Gasteiger partial charge in [0.25, 0.3) is 5.91 Å². The van der Waals surface area contributed by atoms with Crippen molar-refractivity contribution in [2.45, 2.75) is 44.9 Å². The molecule has 0 aromatic heterocycles. The van der Waals surface area contributed by atoms with E-state index in [1.807, 2.05) is 13.8 Å². The molecule has 0 fully saturated rings. The molecular formula is C35H41ClN2O9. The summed E-state index contributed by atoms with van der Waals surface area (Å²) in [4.78, 5) is 41.2. The maximum atomic E-state index is 14.3. The van der Waals surface area contributed by atoms with Crippen LogP contribution < -0.4 is 24.8 Å². The molecule has 0 radical (unpaired) electrons. The van der Waals surface area contributed by atoms with Crippen molar-refractivity contribution in [3.63, 3.8) is 0 Å². The standard InChI is InChI=1S/C35H41ClN2O9/c1-35(2,20-39)19-38-27-13-12-22(36)17-25(27)31(24-10-7-11-29(43-3)32(24)44-4)47-30(33(38)41)18-28(40)26(37)14-15-46-23-9-6-8-21(16-23)34(42)45-5/h6-13,16-17,26,30-31,39H,14-15,18-20,37H2,1-5H3/t26?,30-,31-/m1/s1. The molecule has 3 aromatic carbocycles. The smallest absolute Gasteiger partial charge is 0.337 e. The van der Waals surface area contributed by atoms with E-state index in [1.54, 1.807) is 54.6 Å². The fraction of sp³-hybridized carbons (Fsp3) is 0.400. The zero-order chi connectivity index (χ0) is 34.3. The highest BCUT2D eigenvalue weighted by Gasteiger charge is 2.41. The van der Waals surface area contributed by atoms with Crippen LogP contribution in [0.4, 0.5) is 5.69 Å². The van der Waals surface area contributed by atoms with E-state index in [-0.39, 0.29) is 32.6 Å². The molecule has 252 valence electrons. The lowest BCUT2D eigenvalue weighted by molar-refractivity contribution is -0.138. The molecule has 11 nitrogen and oxygen atoms in total. The molecule has 1 aliphatic rings. The average molecular weight is 669 g/mol. The van der Waals surface area contributed by atoms with E-state index >= 15 is 0 Å². The topological polar surface area (TPSA) is 147 Å². The largest absolute Gasteiger partial charge is 0.493 e. The molecule has 1 heterocycles. The quantitative estimate of drug-likeness (QED) is 0.231. The van der Waals surface area contributed by atoms with Crippen LogP contribution in [0, 0.1) is 5.41 Å². The van der Waals surface area contributed by atoms with E-state index < -0.39 is 41.3 Å². The van der Waals surface area contributed by atoms with Crippen molar-refractivity contribution in [1.29, 1.82) is 0 Å². The molecule has 3 atom stereocenters. The number of benzene rings is 3. The first kappa shape index (κ1) is 35.7. The number of carbonyl (C=O) groups is 3. The predicted octanol–water partition coefficient (Wildman–Crippen LogP) is 4.74. The van der Waals surface area contributed by atoms with Gasteiger partial charge in [-0.15, -0.1) is 0 Å². The number of rotatable bonds is 14. The first-order chi connectivity index (χ1) is 22.4. The lowest BCUT2D eigenvalue weighted by atomic mass is 9.92. The third-order valence-corrected chi connectivity index (χ3v) is 8.12. The van der Waals surface area contributed by atoms with Crippen LogP contribution in [0.5, 0.6) is 17.2 Å². The minimum absolute atomic E-state index is 0.0847. The maximum Gasteiger partial charge on any atom is 0.337 e. The summed E-state index contributed by atoms with van der Waals surface area (Å²) in [6.07, 6.45) is -2.31. The van der Waals surface area contributed by atoms with Gasteiger partial charge in [-0.3, -0.25) is 9.59 Å². The zero-order valence-corrected chi connectivity index (χ0v) is 27.9. The Balaban J connectivity index is 1.64. The van der Waals surface area contributed by atoms with Gasteiger partial charge >= 0.3 is 5.97 Å². The number of amides is 1. The molecule has 0 aliphatic carbocycles. The summed E-state index contributed by atoms with van der Waals surface area (Å²) in [6.45, 7) is 3.70. The molecule has 4 rings (SSSR count). The number of esters is 1. The van der Waals surface area contributed by atoms with Crippen LogP contribution in [-0.2, 0) is 19.1 Å². The predicted molar refractivity (Wildman–Crippen MR) is 176 cm³/mol. The zero-order valence-electron chi connectivity index (χ0n) is 27.2. The SMILES string of the molecule is COC(=O)c1cccc(OCCC(N)C(=O)C[C@H]2O[C@H](c3cccc(OC)c3OC)c3cc(Cl)ccc3N(CC(C)(C)CO)C2=O)c1. The van der Waals surface area contributed by atoms with E-state index in [1.165, 1.54) is 32.3 Å². The number of Topliss-reactive ketones (excluding diaryl/α,β-unsaturated/α-hetero) is 1. The number of nitrogens with two attached hydrogens (primary N) is 1. The number of hydrogen-bond acceptors (Lipinski definition) is 10. The van der Waals surface area contributed by atoms with Gasteiger partial charge < -0.3 is 39.4 Å². The second-order valence-corrected chi connectivity index (χ2v) is 12.4. The van der Waals surface area contributed by atoms with Gasteiger partial charge in [-0.1, -0.05) is 43.6 Å². The molecule has 0 saturated carbocycles. The van der Waals surface area contributed by atoms with Crippen LogP contribution in [0.15, 0.2) is 60.7 Å². The Hall–Kier alpha value is -4.16. The Morgan fingerprint density at radius 1 is 1.04 bits per heavy atom. The highest BCUT2D eigenvalue weighted by molar-refractivity contribution is 6.30. The molecule has 1 amide bonds. The van der Waals surface area contributed by atoms with Crippen LogP contribution in [-0.4, -0.2) is 76.0 Å². The fourth-order valence-corrected chi connectivity index (χ4v) is 5.52. The van der Waals surface area contributed by atoms with Gasteiger partial charge in [0.2, 0.25) is 0 Å². The number of fused-ring (bicyclic) bond motifs is 1. The number of ketones is 1. The minimum Gasteiger partial charge on any atom is -0.493 e. The molecule has 0 saturated heterocycles. The number of methoxy groups -OCH3 is 3. The van der Waals surface area contributed by atoms with E-state index in [2.05, 4.69) is 0 Å². The first-order valence-electron chi connectivity index (χ1n) is 15.1. The van der Waals surface area contributed by atoms with E-state index in [0.29, 0.717) is 44.6 Å². The number of aliphatic hydroxyl groups is 1.